The van der Waals surface area contributed by atoms with Gasteiger partial charge in [-0.2, -0.15) is 0 Å². The van der Waals surface area contributed by atoms with Crippen LogP contribution in [0.4, 0.5) is 5.69 Å². The molecule has 0 unspecified atom stereocenters. The SMILES string of the molecule is CC(=O)c1ccc2c(c1)oc(=O)n2CC(=O)Nc1ccccc1C(N)=O. The topological polar surface area (TPSA) is 124 Å². The van der Waals surface area contributed by atoms with Gasteiger partial charge >= 0.3 is 5.76 Å². The summed E-state index contributed by atoms with van der Waals surface area (Å²) in [6.07, 6.45) is 0. The number of anilines is 1. The van der Waals surface area contributed by atoms with Crippen LogP contribution >= 0.6 is 0 Å². The molecule has 2 aromatic carbocycles. The minimum absolute atomic E-state index is 0.163. The van der Waals surface area contributed by atoms with E-state index in [4.69, 9.17) is 10.2 Å². The summed E-state index contributed by atoms with van der Waals surface area (Å²) >= 11 is 0. The molecule has 0 aliphatic heterocycles. The number of aromatic nitrogens is 1. The first-order valence-corrected chi connectivity index (χ1v) is 7.70. The minimum Gasteiger partial charge on any atom is -0.408 e. The number of oxazole rings is 1. The van der Waals surface area contributed by atoms with Gasteiger partial charge in [0.25, 0.3) is 5.91 Å². The Hall–Kier alpha value is -3.68. The number of carbonyl (C=O) groups is 3. The van der Waals surface area contributed by atoms with Crippen LogP contribution in [0.25, 0.3) is 11.1 Å². The van der Waals surface area contributed by atoms with Gasteiger partial charge in [0.15, 0.2) is 11.4 Å². The molecule has 3 aromatic rings. The summed E-state index contributed by atoms with van der Waals surface area (Å²) in [6.45, 7) is 1.08. The monoisotopic (exact) mass is 353 g/mol. The number of primary amides is 1. The maximum absolute atomic E-state index is 12.3. The third-order valence-electron chi connectivity index (χ3n) is 3.84. The first kappa shape index (κ1) is 17.2. The van der Waals surface area contributed by atoms with E-state index in [-0.39, 0.29) is 29.2 Å². The summed E-state index contributed by atoms with van der Waals surface area (Å²) in [7, 11) is 0. The van der Waals surface area contributed by atoms with Crippen LogP contribution in [-0.4, -0.2) is 22.2 Å². The van der Waals surface area contributed by atoms with E-state index < -0.39 is 17.6 Å². The molecule has 0 aliphatic rings. The van der Waals surface area contributed by atoms with E-state index in [9.17, 15) is 19.2 Å². The maximum Gasteiger partial charge on any atom is 0.420 e. The van der Waals surface area contributed by atoms with Crippen molar-refractivity contribution in [2.75, 3.05) is 5.32 Å². The molecule has 26 heavy (non-hydrogen) atoms. The van der Waals surface area contributed by atoms with Crippen LogP contribution in [0.1, 0.15) is 27.6 Å². The van der Waals surface area contributed by atoms with Crippen molar-refractivity contribution < 1.29 is 18.8 Å². The molecule has 0 spiro atoms. The normalized spacial score (nSPS) is 10.7. The standard InChI is InChI=1S/C18H15N3O5/c1-10(22)11-6-7-14-15(8-11)26-18(25)21(14)9-16(23)20-13-5-3-2-4-12(13)17(19)24/h2-8H,9H2,1H3,(H2,19,24)(H,20,23). The fraction of sp³-hybridized carbons (Fsp3) is 0.111. The number of carbonyl (C=O) groups excluding carboxylic acids is 3. The number of fused-ring (bicyclic) bond motifs is 1. The van der Waals surface area contributed by atoms with Crippen LogP contribution in [0.2, 0.25) is 0 Å². The van der Waals surface area contributed by atoms with Gasteiger partial charge in [-0.1, -0.05) is 12.1 Å². The Morgan fingerprint density at radius 1 is 1.15 bits per heavy atom. The highest BCUT2D eigenvalue weighted by molar-refractivity contribution is 6.03. The number of amides is 2. The van der Waals surface area contributed by atoms with Gasteiger partial charge in [-0.15, -0.1) is 0 Å². The highest BCUT2D eigenvalue weighted by Gasteiger charge is 2.16. The number of hydrogen-bond donors (Lipinski definition) is 2. The van der Waals surface area contributed by atoms with Crippen LogP contribution in [0.15, 0.2) is 51.7 Å². The van der Waals surface area contributed by atoms with Crippen LogP contribution in [0.5, 0.6) is 0 Å². The van der Waals surface area contributed by atoms with E-state index in [0.717, 1.165) is 4.57 Å². The van der Waals surface area contributed by atoms with Crippen molar-refractivity contribution in [2.45, 2.75) is 13.5 Å². The third-order valence-corrected chi connectivity index (χ3v) is 3.84. The number of nitrogens with one attached hydrogen (secondary N) is 1. The second kappa shape index (κ2) is 6.67. The Morgan fingerprint density at radius 2 is 1.88 bits per heavy atom. The molecule has 0 radical (unpaired) electrons. The number of nitrogens with two attached hydrogens (primary N) is 1. The number of rotatable bonds is 5. The second-order valence-corrected chi connectivity index (χ2v) is 5.65. The molecule has 0 atom stereocenters. The van der Waals surface area contributed by atoms with Gasteiger partial charge in [0, 0.05) is 5.56 Å². The van der Waals surface area contributed by atoms with Crippen molar-refractivity contribution >= 4 is 34.4 Å². The summed E-state index contributed by atoms with van der Waals surface area (Å²) in [5.74, 6) is -2.09. The molecule has 3 rings (SSSR count). The van der Waals surface area contributed by atoms with E-state index in [1.165, 1.54) is 25.1 Å². The van der Waals surface area contributed by atoms with Gasteiger partial charge in [0.05, 0.1) is 16.8 Å². The van der Waals surface area contributed by atoms with E-state index in [1.807, 2.05) is 0 Å². The van der Waals surface area contributed by atoms with E-state index in [1.54, 1.807) is 24.3 Å². The average Bonchev–Trinajstić information content (AvgIpc) is 2.90. The maximum atomic E-state index is 12.3. The van der Waals surface area contributed by atoms with Gasteiger partial charge in [0.1, 0.15) is 6.54 Å². The number of nitrogens with zero attached hydrogens (tertiary/aromatic N) is 1. The summed E-state index contributed by atoms with van der Waals surface area (Å²) < 4.78 is 6.24. The third kappa shape index (κ3) is 3.25. The van der Waals surface area contributed by atoms with Crippen molar-refractivity contribution in [1.82, 2.24) is 4.57 Å². The molecule has 0 aliphatic carbocycles. The van der Waals surface area contributed by atoms with Crippen molar-refractivity contribution in [3.05, 3.63) is 64.1 Å². The van der Waals surface area contributed by atoms with Gasteiger partial charge in [0.2, 0.25) is 5.91 Å². The van der Waals surface area contributed by atoms with Gasteiger partial charge < -0.3 is 15.5 Å². The largest absolute Gasteiger partial charge is 0.420 e. The number of benzene rings is 2. The van der Waals surface area contributed by atoms with Crippen LogP contribution in [0.3, 0.4) is 0 Å². The molecule has 0 fully saturated rings. The van der Waals surface area contributed by atoms with Gasteiger partial charge in [-0.3, -0.25) is 19.0 Å². The zero-order valence-corrected chi connectivity index (χ0v) is 13.8. The van der Waals surface area contributed by atoms with Crippen LogP contribution in [0, 0.1) is 0 Å². The van der Waals surface area contributed by atoms with Crippen LogP contribution in [-0.2, 0) is 11.3 Å². The van der Waals surface area contributed by atoms with E-state index in [0.29, 0.717) is 11.1 Å². The molecular weight excluding hydrogens is 338 g/mol. The summed E-state index contributed by atoms with van der Waals surface area (Å²) in [5, 5.41) is 2.56. The predicted octanol–water partition coefficient (Wildman–Crippen LogP) is 1.53. The molecule has 8 heteroatoms. The number of hydrogen-bond acceptors (Lipinski definition) is 5. The Labute approximate surface area is 147 Å². The fourth-order valence-electron chi connectivity index (χ4n) is 2.58. The second-order valence-electron chi connectivity index (χ2n) is 5.65. The lowest BCUT2D eigenvalue weighted by molar-refractivity contribution is -0.116. The lowest BCUT2D eigenvalue weighted by Crippen LogP contribution is -2.26. The number of ketones is 1. The lowest BCUT2D eigenvalue weighted by Gasteiger charge is -2.09. The van der Waals surface area contributed by atoms with Gasteiger partial charge in [-0.25, -0.2) is 4.79 Å². The molecule has 132 valence electrons. The van der Waals surface area contributed by atoms with Crippen molar-refractivity contribution in [3.63, 3.8) is 0 Å². The quantitative estimate of drug-likeness (QED) is 0.673. The Balaban J connectivity index is 1.88. The summed E-state index contributed by atoms with van der Waals surface area (Å²) in [6, 6.07) is 10.8. The lowest BCUT2D eigenvalue weighted by atomic mass is 10.1. The van der Waals surface area contributed by atoms with Gasteiger partial charge in [-0.05, 0) is 37.3 Å². The number of para-hydroxylation sites is 1. The first-order valence-electron chi connectivity index (χ1n) is 7.70. The first-order chi connectivity index (χ1) is 12.4. The Kier molecular flexibility index (Phi) is 4.40. The highest BCUT2D eigenvalue weighted by atomic mass is 16.4. The molecule has 0 bridgehead atoms. The molecule has 2 amide bonds. The predicted molar refractivity (Wildman–Crippen MR) is 94.1 cm³/mol. The van der Waals surface area contributed by atoms with E-state index >= 15 is 0 Å². The van der Waals surface area contributed by atoms with Crippen molar-refractivity contribution in [1.29, 1.82) is 0 Å². The number of Topliss-reactive ketones (excluding diaryl/α,β-unsaturated/α-hetero) is 1. The smallest absolute Gasteiger partial charge is 0.408 e. The zero-order chi connectivity index (χ0) is 18.8. The molecule has 1 heterocycles. The average molecular weight is 353 g/mol. The molecule has 3 N–H and O–H groups in total. The molecule has 0 saturated carbocycles. The van der Waals surface area contributed by atoms with Crippen molar-refractivity contribution in [2.24, 2.45) is 5.73 Å². The molecule has 0 saturated heterocycles. The molecule has 1 aromatic heterocycles. The zero-order valence-electron chi connectivity index (χ0n) is 13.8. The fourth-order valence-corrected chi connectivity index (χ4v) is 2.58. The summed E-state index contributed by atoms with van der Waals surface area (Å²) in [4.78, 5) is 47.2. The minimum atomic E-state index is -0.723. The Bertz CT molecular complexity index is 1090. The highest BCUT2D eigenvalue weighted by Crippen LogP contribution is 2.17. The molecular formula is C18H15N3O5. The van der Waals surface area contributed by atoms with E-state index in [2.05, 4.69) is 5.32 Å². The Morgan fingerprint density at radius 3 is 2.58 bits per heavy atom. The summed E-state index contributed by atoms with van der Waals surface area (Å²) in [5.41, 5.74) is 6.70. The molecule has 8 nitrogen and oxygen atoms in total. The van der Waals surface area contributed by atoms with Crippen LogP contribution < -0.4 is 16.8 Å². The van der Waals surface area contributed by atoms with Crippen molar-refractivity contribution in [3.8, 4) is 0 Å².